The third-order valence-corrected chi connectivity index (χ3v) is 8.03. The lowest BCUT2D eigenvalue weighted by molar-refractivity contribution is -0.125. The van der Waals surface area contributed by atoms with Crippen LogP contribution in [-0.2, 0) is 10.2 Å². The number of ether oxygens (including phenoxy) is 2. The van der Waals surface area contributed by atoms with E-state index in [1.807, 2.05) is 24.3 Å². The number of benzene rings is 1. The second-order valence-electron chi connectivity index (χ2n) is 8.96. The Labute approximate surface area is 167 Å². The summed E-state index contributed by atoms with van der Waals surface area (Å²) < 4.78 is 11.4. The molecule has 7 rings (SSSR count). The van der Waals surface area contributed by atoms with E-state index in [-0.39, 0.29) is 17.9 Å². The first-order valence-electron chi connectivity index (χ1n) is 10.2. The smallest absolute Gasteiger partial charge is 0.270 e. The summed E-state index contributed by atoms with van der Waals surface area (Å²) in [6.45, 7) is 0.198. The lowest BCUT2D eigenvalue weighted by atomic mass is 9.50. The molecule has 1 aromatic carbocycles. The number of hydrogen-bond acceptors (Lipinski definition) is 6. The first-order valence-corrected chi connectivity index (χ1v) is 11.0. The fraction of sp³-hybridized carbons (Fsp3) is 0.571. The standard InChI is InChI=1S/C21H23N3O3S/c25-18(17-11-26-15-3-1-2-4-16(15)27-17)22-20-24-23-19(28-20)21-8-12-5-13(9-21)7-14(6-12)10-21/h1-4,12-14,17H,5-11H2,(H,22,24,25)/t12?,13?,14?,17-,21?/m1/s1. The number of carbonyl (C=O) groups excluding carboxylic acids is 1. The topological polar surface area (TPSA) is 73.3 Å². The van der Waals surface area contributed by atoms with Crippen LogP contribution in [0.15, 0.2) is 24.3 Å². The highest BCUT2D eigenvalue weighted by molar-refractivity contribution is 7.15. The van der Waals surface area contributed by atoms with Crippen LogP contribution in [0.5, 0.6) is 11.5 Å². The molecule has 2 aromatic rings. The Balaban J connectivity index is 1.17. The molecule has 146 valence electrons. The summed E-state index contributed by atoms with van der Waals surface area (Å²) in [5.41, 5.74) is 0.207. The zero-order chi connectivity index (χ0) is 18.7. The zero-order valence-electron chi connectivity index (χ0n) is 15.6. The van der Waals surface area contributed by atoms with E-state index >= 15 is 0 Å². The number of para-hydroxylation sites is 2. The summed E-state index contributed by atoms with van der Waals surface area (Å²) in [6.07, 6.45) is 7.28. The van der Waals surface area contributed by atoms with Crippen molar-refractivity contribution >= 4 is 22.4 Å². The van der Waals surface area contributed by atoms with Crippen molar-refractivity contribution < 1.29 is 14.3 Å². The van der Waals surface area contributed by atoms with Crippen molar-refractivity contribution in [2.24, 2.45) is 17.8 Å². The third kappa shape index (κ3) is 2.70. The van der Waals surface area contributed by atoms with E-state index in [2.05, 4.69) is 15.5 Å². The maximum Gasteiger partial charge on any atom is 0.270 e. The fourth-order valence-corrected chi connectivity index (χ4v) is 7.16. The lowest BCUT2D eigenvalue weighted by Crippen LogP contribution is -2.48. The molecule has 0 saturated heterocycles. The molecule has 0 spiro atoms. The molecular weight excluding hydrogens is 374 g/mol. The highest BCUT2D eigenvalue weighted by atomic mass is 32.1. The van der Waals surface area contributed by atoms with Gasteiger partial charge in [-0.15, -0.1) is 10.2 Å². The number of amides is 1. The molecule has 0 radical (unpaired) electrons. The van der Waals surface area contributed by atoms with Gasteiger partial charge in [-0.1, -0.05) is 23.5 Å². The Kier molecular flexibility index (Phi) is 3.70. The first kappa shape index (κ1) is 16.8. The molecule has 1 aromatic heterocycles. The Hall–Kier alpha value is -2.15. The molecule has 4 bridgehead atoms. The number of rotatable bonds is 3. The van der Waals surface area contributed by atoms with Gasteiger partial charge in [0.05, 0.1) is 0 Å². The molecule has 4 saturated carbocycles. The van der Waals surface area contributed by atoms with E-state index < -0.39 is 6.10 Å². The Morgan fingerprint density at radius 1 is 1.04 bits per heavy atom. The van der Waals surface area contributed by atoms with Crippen LogP contribution in [0.3, 0.4) is 0 Å². The molecule has 1 amide bonds. The number of nitrogens with zero attached hydrogens (tertiary/aromatic N) is 2. The summed E-state index contributed by atoms with van der Waals surface area (Å²) in [6, 6.07) is 7.40. The monoisotopic (exact) mass is 397 g/mol. The SMILES string of the molecule is O=C(Nc1nnc(C23CC4CC(CC(C4)C2)C3)s1)[C@H]1COc2ccccc2O1. The van der Waals surface area contributed by atoms with Gasteiger partial charge in [0.1, 0.15) is 11.6 Å². The van der Waals surface area contributed by atoms with Crippen molar-refractivity contribution in [1.82, 2.24) is 10.2 Å². The number of anilines is 1. The molecule has 1 atom stereocenters. The molecule has 1 N–H and O–H groups in total. The van der Waals surface area contributed by atoms with Crippen LogP contribution in [0.1, 0.15) is 43.5 Å². The Morgan fingerprint density at radius 2 is 1.71 bits per heavy atom. The van der Waals surface area contributed by atoms with Gasteiger partial charge in [0.25, 0.3) is 5.91 Å². The minimum absolute atomic E-state index is 0.198. The van der Waals surface area contributed by atoms with Gasteiger partial charge in [0.15, 0.2) is 11.5 Å². The second kappa shape index (κ2) is 6.17. The minimum atomic E-state index is -0.679. The van der Waals surface area contributed by atoms with Crippen LogP contribution in [0.25, 0.3) is 0 Å². The average molecular weight is 398 g/mol. The van der Waals surface area contributed by atoms with E-state index in [0.29, 0.717) is 16.6 Å². The quantitative estimate of drug-likeness (QED) is 0.853. The van der Waals surface area contributed by atoms with Crippen molar-refractivity contribution in [3.8, 4) is 11.5 Å². The van der Waals surface area contributed by atoms with Gasteiger partial charge >= 0.3 is 0 Å². The van der Waals surface area contributed by atoms with Crippen LogP contribution in [0.4, 0.5) is 5.13 Å². The fourth-order valence-electron chi connectivity index (χ4n) is 6.20. The molecule has 0 unspecified atom stereocenters. The van der Waals surface area contributed by atoms with Gasteiger partial charge in [-0.25, -0.2) is 0 Å². The molecule has 7 heteroatoms. The average Bonchev–Trinajstić information content (AvgIpc) is 3.16. The van der Waals surface area contributed by atoms with Crippen molar-refractivity contribution in [3.05, 3.63) is 29.3 Å². The normalized spacial score (nSPS) is 35.0. The van der Waals surface area contributed by atoms with E-state index in [4.69, 9.17) is 9.47 Å². The highest BCUT2D eigenvalue weighted by Crippen LogP contribution is 2.61. The van der Waals surface area contributed by atoms with Crippen molar-refractivity contribution in [2.75, 3.05) is 11.9 Å². The predicted molar refractivity (Wildman–Crippen MR) is 105 cm³/mol. The summed E-state index contributed by atoms with van der Waals surface area (Å²) in [5, 5.41) is 13.4. The predicted octanol–water partition coefficient (Wildman–Crippen LogP) is 3.78. The largest absolute Gasteiger partial charge is 0.485 e. The van der Waals surface area contributed by atoms with Crippen LogP contribution in [0, 0.1) is 17.8 Å². The molecular formula is C21H23N3O3S. The van der Waals surface area contributed by atoms with Crippen LogP contribution >= 0.6 is 11.3 Å². The number of hydrogen-bond donors (Lipinski definition) is 1. The molecule has 5 aliphatic rings. The first-order chi connectivity index (χ1) is 13.7. The van der Waals surface area contributed by atoms with Crippen LogP contribution in [0.2, 0.25) is 0 Å². The minimum Gasteiger partial charge on any atom is -0.485 e. The van der Waals surface area contributed by atoms with Gasteiger partial charge < -0.3 is 9.47 Å². The van der Waals surface area contributed by atoms with Gasteiger partial charge in [-0.3, -0.25) is 10.1 Å². The van der Waals surface area contributed by atoms with Crippen LogP contribution < -0.4 is 14.8 Å². The summed E-state index contributed by atoms with van der Waals surface area (Å²) in [4.78, 5) is 12.7. The number of nitrogens with one attached hydrogen (secondary N) is 1. The molecule has 2 heterocycles. The van der Waals surface area contributed by atoms with Crippen molar-refractivity contribution in [1.29, 1.82) is 0 Å². The number of fused-ring (bicyclic) bond motifs is 1. The van der Waals surface area contributed by atoms with Gasteiger partial charge in [0.2, 0.25) is 11.2 Å². The molecule has 6 nitrogen and oxygen atoms in total. The lowest BCUT2D eigenvalue weighted by Gasteiger charge is -2.55. The zero-order valence-corrected chi connectivity index (χ0v) is 16.4. The number of aromatic nitrogens is 2. The Morgan fingerprint density at radius 3 is 2.43 bits per heavy atom. The number of carbonyl (C=O) groups is 1. The second-order valence-corrected chi connectivity index (χ2v) is 9.94. The summed E-state index contributed by atoms with van der Waals surface area (Å²) in [5.74, 6) is 3.62. The van der Waals surface area contributed by atoms with E-state index in [1.54, 1.807) is 11.3 Å². The Bertz CT molecular complexity index is 892. The molecule has 4 aliphatic carbocycles. The van der Waals surface area contributed by atoms with Crippen molar-refractivity contribution in [2.45, 2.75) is 50.0 Å². The van der Waals surface area contributed by atoms with E-state index in [1.165, 1.54) is 38.5 Å². The maximum absolute atomic E-state index is 12.7. The summed E-state index contributed by atoms with van der Waals surface area (Å²) in [7, 11) is 0. The van der Waals surface area contributed by atoms with Gasteiger partial charge in [0, 0.05) is 5.41 Å². The third-order valence-electron chi connectivity index (χ3n) is 6.95. The molecule has 28 heavy (non-hydrogen) atoms. The molecule has 4 fully saturated rings. The van der Waals surface area contributed by atoms with Gasteiger partial charge in [-0.2, -0.15) is 0 Å². The maximum atomic E-state index is 12.7. The van der Waals surface area contributed by atoms with Crippen LogP contribution in [-0.4, -0.2) is 28.8 Å². The van der Waals surface area contributed by atoms with E-state index in [0.717, 1.165) is 22.8 Å². The van der Waals surface area contributed by atoms with Crippen molar-refractivity contribution in [3.63, 3.8) is 0 Å². The molecule has 1 aliphatic heterocycles. The highest BCUT2D eigenvalue weighted by Gasteiger charge is 2.53. The van der Waals surface area contributed by atoms with Gasteiger partial charge in [-0.05, 0) is 68.4 Å². The summed E-state index contributed by atoms with van der Waals surface area (Å²) >= 11 is 1.55. The van der Waals surface area contributed by atoms with E-state index in [9.17, 15) is 4.79 Å².